The molecule has 0 aliphatic heterocycles. The lowest BCUT2D eigenvalue weighted by molar-refractivity contribution is -0.688. The van der Waals surface area contributed by atoms with Crippen LogP contribution in [0.2, 0.25) is 0 Å². The molecule has 0 radical (unpaired) electrons. The maximum Gasteiger partial charge on any atom is 0.173 e. The summed E-state index contributed by atoms with van der Waals surface area (Å²) in [5.41, 5.74) is 1.32. The number of halogens is 1. The summed E-state index contributed by atoms with van der Waals surface area (Å²) in [5.74, 6) is 0. The maximum atomic E-state index is 3.42. The molecule has 2 heteroatoms. The largest absolute Gasteiger partial charge is 0.201 e. The first kappa shape index (κ1) is 9.41. The van der Waals surface area contributed by atoms with Crippen molar-refractivity contribution in [2.24, 2.45) is 0 Å². The van der Waals surface area contributed by atoms with Crippen molar-refractivity contribution in [2.45, 2.75) is 6.54 Å². The van der Waals surface area contributed by atoms with Gasteiger partial charge in [-0.15, -0.1) is 0 Å². The van der Waals surface area contributed by atoms with Gasteiger partial charge in [0.25, 0.3) is 0 Å². The lowest BCUT2D eigenvalue weighted by Gasteiger charge is -1.96. The zero-order chi connectivity index (χ0) is 9.80. The minimum absolute atomic E-state index is 0.925. The third-order valence-electron chi connectivity index (χ3n) is 2.06. The van der Waals surface area contributed by atoms with E-state index in [1.807, 2.05) is 18.2 Å². The summed E-state index contributed by atoms with van der Waals surface area (Å²) in [6.07, 6.45) is 4.13. The molecule has 0 amide bonds. The quantitative estimate of drug-likeness (QED) is 0.720. The van der Waals surface area contributed by atoms with Crippen LogP contribution in [0.5, 0.6) is 0 Å². The average molecular weight is 249 g/mol. The molecular weight excluding hydrogens is 238 g/mol. The number of pyridine rings is 1. The van der Waals surface area contributed by atoms with Crippen molar-refractivity contribution in [3.63, 3.8) is 0 Å². The van der Waals surface area contributed by atoms with Crippen LogP contribution in [0, 0.1) is 0 Å². The zero-order valence-electron chi connectivity index (χ0n) is 7.73. The van der Waals surface area contributed by atoms with Gasteiger partial charge in [-0.25, -0.2) is 4.57 Å². The molecule has 14 heavy (non-hydrogen) atoms. The maximum absolute atomic E-state index is 3.42. The lowest BCUT2D eigenvalue weighted by atomic mass is 10.2. The predicted molar refractivity (Wildman–Crippen MR) is 59.9 cm³/mol. The summed E-state index contributed by atoms with van der Waals surface area (Å²) < 4.78 is 3.27. The molecule has 0 N–H and O–H groups in total. The van der Waals surface area contributed by atoms with E-state index in [4.69, 9.17) is 0 Å². The number of benzene rings is 1. The monoisotopic (exact) mass is 248 g/mol. The van der Waals surface area contributed by atoms with E-state index in [9.17, 15) is 0 Å². The van der Waals surface area contributed by atoms with Gasteiger partial charge >= 0.3 is 0 Å². The van der Waals surface area contributed by atoms with Gasteiger partial charge in [0.05, 0.1) is 0 Å². The molecular formula is C12H11BrN+. The number of nitrogens with zero attached hydrogens (tertiary/aromatic N) is 1. The van der Waals surface area contributed by atoms with Crippen LogP contribution in [0.1, 0.15) is 5.56 Å². The van der Waals surface area contributed by atoms with Crippen molar-refractivity contribution in [1.29, 1.82) is 0 Å². The molecule has 1 heterocycles. The molecule has 2 rings (SSSR count). The third kappa shape index (κ3) is 2.42. The van der Waals surface area contributed by atoms with Crippen LogP contribution < -0.4 is 4.57 Å². The van der Waals surface area contributed by atoms with Crippen LogP contribution in [0.4, 0.5) is 0 Å². The third-order valence-corrected chi connectivity index (χ3v) is 2.59. The van der Waals surface area contributed by atoms with Gasteiger partial charge in [-0.2, -0.15) is 0 Å². The Morgan fingerprint density at radius 2 is 1.57 bits per heavy atom. The van der Waals surface area contributed by atoms with Crippen molar-refractivity contribution >= 4 is 15.9 Å². The Balaban J connectivity index is 2.16. The fraction of sp³-hybridized carbons (Fsp3) is 0.0833. The molecule has 0 aliphatic rings. The Hall–Kier alpha value is -1.15. The highest BCUT2D eigenvalue weighted by atomic mass is 79.9. The average Bonchev–Trinajstić information content (AvgIpc) is 2.23. The molecule has 0 unspecified atom stereocenters. The topological polar surface area (TPSA) is 3.88 Å². The molecule has 0 spiro atoms. The molecule has 0 saturated heterocycles. The smallest absolute Gasteiger partial charge is 0.173 e. The van der Waals surface area contributed by atoms with Crippen molar-refractivity contribution in [1.82, 2.24) is 0 Å². The van der Waals surface area contributed by atoms with Crippen LogP contribution in [-0.4, -0.2) is 0 Å². The van der Waals surface area contributed by atoms with Crippen molar-refractivity contribution in [2.75, 3.05) is 0 Å². The van der Waals surface area contributed by atoms with E-state index in [-0.39, 0.29) is 0 Å². The summed E-state index contributed by atoms with van der Waals surface area (Å²) in [4.78, 5) is 0. The Morgan fingerprint density at radius 1 is 0.929 bits per heavy atom. The Bertz CT molecular complexity index is 394. The van der Waals surface area contributed by atoms with Crippen LogP contribution in [0.3, 0.4) is 0 Å². The first-order valence-electron chi connectivity index (χ1n) is 4.53. The van der Waals surface area contributed by atoms with Crippen LogP contribution in [0.15, 0.2) is 59.3 Å². The number of aromatic nitrogens is 1. The SMILES string of the molecule is Brc1cc[n+](Cc2ccccc2)cc1. The van der Waals surface area contributed by atoms with E-state index in [0.717, 1.165) is 11.0 Å². The normalized spacial score (nSPS) is 10.1. The molecule has 1 aromatic heterocycles. The van der Waals surface area contributed by atoms with E-state index in [1.54, 1.807) is 0 Å². The number of rotatable bonds is 2. The Kier molecular flexibility index (Phi) is 2.94. The second-order valence-corrected chi connectivity index (χ2v) is 4.09. The Labute approximate surface area is 92.2 Å². The molecule has 0 fully saturated rings. The molecule has 2 aromatic rings. The fourth-order valence-electron chi connectivity index (χ4n) is 1.34. The van der Waals surface area contributed by atoms with Crippen LogP contribution in [-0.2, 0) is 6.54 Å². The second-order valence-electron chi connectivity index (χ2n) is 3.17. The van der Waals surface area contributed by atoms with E-state index in [0.29, 0.717) is 0 Å². The zero-order valence-corrected chi connectivity index (χ0v) is 9.31. The lowest BCUT2D eigenvalue weighted by Crippen LogP contribution is -2.32. The van der Waals surface area contributed by atoms with Gasteiger partial charge in [-0.3, -0.25) is 0 Å². The van der Waals surface area contributed by atoms with E-state index >= 15 is 0 Å². The minimum Gasteiger partial charge on any atom is -0.201 e. The highest BCUT2D eigenvalue weighted by Crippen LogP contribution is 2.04. The predicted octanol–water partition coefficient (Wildman–Crippen LogP) is 2.78. The van der Waals surface area contributed by atoms with E-state index in [2.05, 4.69) is 57.2 Å². The van der Waals surface area contributed by atoms with Gasteiger partial charge in [0, 0.05) is 22.2 Å². The van der Waals surface area contributed by atoms with Gasteiger partial charge < -0.3 is 0 Å². The summed E-state index contributed by atoms with van der Waals surface area (Å²) in [7, 11) is 0. The van der Waals surface area contributed by atoms with Gasteiger partial charge in [0.15, 0.2) is 18.9 Å². The highest BCUT2D eigenvalue weighted by molar-refractivity contribution is 9.10. The van der Waals surface area contributed by atoms with Gasteiger partial charge in [0.2, 0.25) is 0 Å². The molecule has 0 atom stereocenters. The van der Waals surface area contributed by atoms with E-state index < -0.39 is 0 Å². The highest BCUT2D eigenvalue weighted by Gasteiger charge is 2.00. The number of hydrogen-bond donors (Lipinski definition) is 0. The van der Waals surface area contributed by atoms with Crippen molar-refractivity contribution in [3.8, 4) is 0 Å². The van der Waals surface area contributed by atoms with Crippen molar-refractivity contribution < 1.29 is 4.57 Å². The first-order chi connectivity index (χ1) is 6.84. The second kappa shape index (κ2) is 4.38. The van der Waals surface area contributed by atoms with Crippen LogP contribution in [0.25, 0.3) is 0 Å². The van der Waals surface area contributed by atoms with Gasteiger partial charge in [-0.05, 0) is 0 Å². The molecule has 1 aromatic carbocycles. The van der Waals surface area contributed by atoms with Gasteiger partial charge in [-0.1, -0.05) is 46.3 Å². The van der Waals surface area contributed by atoms with Crippen LogP contribution >= 0.6 is 15.9 Å². The molecule has 1 nitrogen and oxygen atoms in total. The summed E-state index contributed by atoms with van der Waals surface area (Å²) >= 11 is 3.42. The summed E-state index contributed by atoms with van der Waals surface area (Å²) in [6.45, 7) is 0.925. The molecule has 0 bridgehead atoms. The molecule has 0 saturated carbocycles. The standard InChI is InChI=1S/C12H11BrN/c13-12-6-8-14(9-7-12)10-11-4-2-1-3-5-11/h1-9H,10H2/q+1. The Morgan fingerprint density at radius 3 is 2.21 bits per heavy atom. The molecule has 0 aliphatic carbocycles. The number of hydrogen-bond acceptors (Lipinski definition) is 0. The molecule has 70 valence electrons. The minimum atomic E-state index is 0.925. The van der Waals surface area contributed by atoms with E-state index in [1.165, 1.54) is 5.56 Å². The fourth-order valence-corrected chi connectivity index (χ4v) is 1.58. The van der Waals surface area contributed by atoms with Crippen molar-refractivity contribution in [3.05, 3.63) is 64.9 Å². The first-order valence-corrected chi connectivity index (χ1v) is 5.32. The summed E-state index contributed by atoms with van der Waals surface area (Å²) in [5, 5.41) is 0. The van der Waals surface area contributed by atoms with Gasteiger partial charge in [0.1, 0.15) is 0 Å². The summed E-state index contributed by atoms with van der Waals surface area (Å²) in [6, 6.07) is 14.5.